The average molecular weight is 330 g/mol. The van der Waals surface area contributed by atoms with Crippen LogP contribution in [-0.2, 0) is 14.3 Å². The number of hydrogen-bond donors (Lipinski definition) is 1. The highest BCUT2D eigenvalue weighted by Crippen LogP contribution is 2.23. The van der Waals surface area contributed by atoms with E-state index in [0.717, 1.165) is 5.56 Å². The van der Waals surface area contributed by atoms with E-state index in [2.05, 4.69) is 10.1 Å². The van der Waals surface area contributed by atoms with Gasteiger partial charge in [-0.05, 0) is 29.7 Å². The zero-order valence-corrected chi connectivity index (χ0v) is 13.5. The number of esters is 1. The molecule has 21 heavy (non-hydrogen) atoms. The summed E-state index contributed by atoms with van der Waals surface area (Å²) in [5, 5.41) is 3.46. The maximum absolute atomic E-state index is 11.8. The van der Waals surface area contributed by atoms with Gasteiger partial charge in [0.15, 0.2) is 0 Å². The van der Waals surface area contributed by atoms with Crippen molar-refractivity contribution in [2.24, 2.45) is 5.92 Å². The highest BCUT2D eigenvalue weighted by atomic mass is 35.5. The molecular weight excluding hydrogens is 313 g/mol. The number of carbonyl (C=O) groups excluding carboxylic acids is 2. The number of benzene rings is 1. The lowest BCUT2D eigenvalue weighted by Crippen LogP contribution is -2.44. The first-order valence-electron chi connectivity index (χ1n) is 6.36. The van der Waals surface area contributed by atoms with Crippen molar-refractivity contribution in [3.63, 3.8) is 0 Å². The summed E-state index contributed by atoms with van der Waals surface area (Å²) >= 11 is 11.7. The minimum absolute atomic E-state index is 0.0697. The maximum atomic E-state index is 11.8. The molecule has 0 heterocycles. The fourth-order valence-corrected chi connectivity index (χ4v) is 1.92. The Labute approximate surface area is 134 Å². The molecule has 1 N–H and O–H groups in total. The molecule has 0 aliphatic rings. The molecule has 1 unspecified atom stereocenters. The van der Waals surface area contributed by atoms with Crippen LogP contribution in [0.5, 0.6) is 0 Å². The molecule has 0 radical (unpaired) electrons. The van der Waals surface area contributed by atoms with Crippen LogP contribution in [0.15, 0.2) is 24.3 Å². The predicted octanol–water partition coefficient (Wildman–Crippen LogP) is 3.32. The highest BCUT2D eigenvalue weighted by molar-refractivity contribution is 6.42. The second-order valence-electron chi connectivity index (χ2n) is 4.76. The normalized spacial score (nSPS) is 12.5. The molecule has 0 spiro atoms. The standard InChI is InChI=1S/C15H17Cl2NO3/c1-9(2)14(15(20)21-3)18-13(19)7-5-10-4-6-11(16)12(17)8-10/h4-9,14H,1-3H3,(H,18,19)/b7-5+. The third kappa shape index (κ3) is 5.40. The van der Waals surface area contributed by atoms with Crippen molar-refractivity contribution in [2.45, 2.75) is 19.9 Å². The molecule has 0 aromatic heterocycles. The minimum atomic E-state index is -0.680. The molecule has 0 saturated heterocycles. The molecule has 1 atom stereocenters. The second-order valence-corrected chi connectivity index (χ2v) is 5.57. The van der Waals surface area contributed by atoms with Crippen molar-refractivity contribution in [2.75, 3.05) is 7.11 Å². The van der Waals surface area contributed by atoms with E-state index in [4.69, 9.17) is 23.2 Å². The second kappa shape index (κ2) is 8.05. The Morgan fingerprint density at radius 2 is 1.90 bits per heavy atom. The van der Waals surface area contributed by atoms with E-state index in [1.54, 1.807) is 24.3 Å². The molecule has 1 amide bonds. The zero-order chi connectivity index (χ0) is 16.0. The van der Waals surface area contributed by atoms with Gasteiger partial charge in [0.2, 0.25) is 5.91 Å². The van der Waals surface area contributed by atoms with E-state index in [0.29, 0.717) is 10.0 Å². The van der Waals surface area contributed by atoms with Gasteiger partial charge >= 0.3 is 5.97 Å². The quantitative estimate of drug-likeness (QED) is 0.666. The number of hydrogen-bond acceptors (Lipinski definition) is 3. The molecule has 0 bridgehead atoms. The average Bonchev–Trinajstić information content (AvgIpc) is 2.44. The molecule has 1 aromatic rings. The first-order chi connectivity index (χ1) is 9.85. The van der Waals surface area contributed by atoms with Crippen molar-refractivity contribution in [3.05, 3.63) is 39.9 Å². The molecular formula is C15H17Cl2NO3. The van der Waals surface area contributed by atoms with Crippen molar-refractivity contribution in [1.29, 1.82) is 0 Å². The van der Waals surface area contributed by atoms with E-state index in [1.807, 2.05) is 13.8 Å². The number of rotatable bonds is 5. The van der Waals surface area contributed by atoms with Gasteiger partial charge in [-0.25, -0.2) is 4.79 Å². The SMILES string of the molecule is COC(=O)C(NC(=O)/C=C/c1ccc(Cl)c(Cl)c1)C(C)C. The summed E-state index contributed by atoms with van der Waals surface area (Å²) in [7, 11) is 1.29. The maximum Gasteiger partial charge on any atom is 0.328 e. The van der Waals surface area contributed by atoms with Crippen LogP contribution in [-0.4, -0.2) is 25.0 Å². The van der Waals surface area contributed by atoms with Gasteiger partial charge in [0.05, 0.1) is 17.2 Å². The third-order valence-electron chi connectivity index (χ3n) is 2.79. The summed E-state index contributed by atoms with van der Waals surface area (Å²) in [5.74, 6) is -0.925. The monoisotopic (exact) mass is 329 g/mol. The van der Waals surface area contributed by atoms with Crippen LogP contribution >= 0.6 is 23.2 Å². The molecule has 4 nitrogen and oxygen atoms in total. The molecule has 1 aromatic carbocycles. The van der Waals surface area contributed by atoms with Crippen molar-refractivity contribution in [3.8, 4) is 0 Å². The minimum Gasteiger partial charge on any atom is -0.467 e. The van der Waals surface area contributed by atoms with Crippen LogP contribution < -0.4 is 5.32 Å². The Bertz CT molecular complexity index is 556. The predicted molar refractivity (Wildman–Crippen MR) is 84.3 cm³/mol. The van der Waals surface area contributed by atoms with E-state index in [1.165, 1.54) is 13.2 Å². The third-order valence-corrected chi connectivity index (χ3v) is 3.53. The summed E-state index contributed by atoms with van der Waals surface area (Å²) in [6, 6.07) is 4.35. The molecule has 1 rings (SSSR count). The van der Waals surface area contributed by atoms with E-state index in [-0.39, 0.29) is 11.8 Å². The Morgan fingerprint density at radius 1 is 1.24 bits per heavy atom. The van der Waals surface area contributed by atoms with Crippen molar-refractivity contribution in [1.82, 2.24) is 5.32 Å². The van der Waals surface area contributed by atoms with Gasteiger partial charge in [0, 0.05) is 6.08 Å². The van der Waals surface area contributed by atoms with Crippen molar-refractivity contribution < 1.29 is 14.3 Å². The van der Waals surface area contributed by atoms with Crippen LogP contribution in [0.2, 0.25) is 10.0 Å². The van der Waals surface area contributed by atoms with Gasteiger partial charge in [0.25, 0.3) is 0 Å². The van der Waals surface area contributed by atoms with Gasteiger partial charge in [-0.1, -0.05) is 43.1 Å². The number of carbonyl (C=O) groups is 2. The molecule has 0 saturated carbocycles. The Morgan fingerprint density at radius 3 is 2.43 bits per heavy atom. The molecule has 114 valence electrons. The summed E-state index contributed by atoms with van der Waals surface area (Å²) in [6.45, 7) is 3.65. The lowest BCUT2D eigenvalue weighted by molar-refractivity contribution is -0.145. The van der Waals surface area contributed by atoms with Crippen LogP contribution in [0, 0.1) is 5.92 Å². The summed E-state index contributed by atoms with van der Waals surface area (Å²) < 4.78 is 4.66. The molecule has 0 aliphatic carbocycles. The van der Waals surface area contributed by atoms with Gasteiger partial charge in [-0.15, -0.1) is 0 Å². The summed E-state index contributed by atoms with van der Waals surface area (Å²) in [4.78, 5) is 23.4. The lowest BCUT2D eigenvalue weighted by Gasteiger charge is -2.18. The highest BCUT2D eigenvalue weighted by Gasteiger charge is 2.23. The van der Waals surface area contributed by atoms with Crippen LogP contribution in [0.25, 0.3) is 6.08 Å². The Kier molecular flexibility index (Phi) is 6.72. The van der Waals surface area contributed by atoms with Crippen LogP contribution in [0.1, 0.15) is 19.4 Å². The number of nitrogens with one attached hydrogen (secondary N) is 1. The van der Waals surface area contributed by atoms with Gasteiger partial charge in [-0.2, -0.15) is 0 Å². The summed E-state index contributed by atoms with van der Waals surface area (Å²) in [5.41, 5.74) is 0.735. The Balaban J connectivity index is 2.73. The molecule has 0 aliphatic heterocycles. The fraction of sp³-hybridized carbons (Fsp3) is 0.333. The largest absolute Gasteiger partial charge is 0.467 e. The van der Waals surface area contributed by atoms with E-state index in [9.17, 15) is 9.59 Å². The van der Waals surface area contributed by atoms with Gasteiger partial charge in [-0.3, -0.25) is 4.79 Å². The smallest absolute Gasteiger partial charge is 0.328 e. The number of methoxy groups -OCH3 is 1. The molecule has 6 heteroatoms. The van der Waals surface area contributed by atoms with Crippen molar-refractivity contribution >= 4 is 41.2 Å². The number of halogens is 2. The van der Waals surface area contributed by atoms with Gasteiger partial charge < -0.3 is 10.1 Å². The van der Waals surface area contributed by atoms with Crippen LogP contribution in [0.3, 0.4) is 0 Å². The van der Waals surface area contributed by atoms with E-state index < -0.39 is 12.0 Å². The number of ether oxygens (including phenoxy) is 1. The first-order valence-corrected chi connectivity index (χ1v) is 7.12. The lowest BCUT2D eigenvalue weighted by atomic mass is 10.0. The summed E-state index contributed by atoms with van der Waals surface area (Å²) in [6.07, 6.45) is 2.92. The topological polar surface area (TPSA) is 55.4 Å². The van der Waals surface area contributed by atoms with E-state index >= 15 is 0 Å². The number of amides is 1. The Hall–Kier alpha value is -1.52. The zero-order valence-electron chi connectivity index (χ0n) is 12.0. The fourth-order valence-electron chi connectivity index (χ4n) is 1.61. The molecule has 0 fully saturated rings. The van der Waals surface area contributed by atoms with Crippen LogP contribution in [0.4, 0.5) is 0 Å². The first kappa shape index (κ1) is 17.5. The van der Waals surface area contributed by atoms with Gasteiger partial charge in [0.1, 0.15) is 6.04 Å².